The minimum Gasteiger partial charge on any atom is -0.497 e. The number of carbonyl (C=O) groups excluding carboxylic acids is 1. The van der Waals surface area contributed by atoms with E-state index in [0.717, 1.165) is 37.6 Å². The van der Waals surface area contributed by atoms with Gasteiger partial charge in [-0.25, -0.2) is 4.39 Å². The van der Waals surface area contributed by atoms with Crippen molar-refractivity contribution in [3.8, 4) is 5.75 Å². The normalized spacial score (nSPS) is 16.2. The van der Waals surface area contributed by atoms with E-state index in [1.165, 1.54) is 12.1 Å². The minimum atomic E-state index is -0.359. The molecule has 0 radical (unpaired) electrons. The largest absolute Gasteiger partial charge is 0.497 e. The van der Waals surface area contributed by atoms with Gasteiger partial charge in [0, 0.05) is 43.6 Å². The molecule has 2 aromatic carbocycles. The third kappa shape index (κ3) is 4.32. The summed E-state index contributed by atoms with van der Waals surface area (Å²) in [5.41, 5.74) is 1.61. The van der Waals surface area contributed by atoms with Gasteiger partial charge in [0.1, 0.15) is 11.6 Å². The molecule has 1 aliphatic rings. The number of hydrogen-bond donors (Lipinski definition) is 1. The van der Waals surface area contributed by atoms with Crippen LogP contribution in [0.25, 0.3) is 0 Å². The van der Waals surface area contributed by atoms with E-state index in [4.69, 9.17) is 4.74 Å². The van der Waals surface area contributed by atoms with E-state index in [0.29, 0.717) is 5.69 Å². The highest BCUT2D eigenvalue weighted by Gasteiger charge is 2.26. The van der Waals surface area contributed by atoms with E-state index in [1.807, 2.05) is 25.1 Å². The van der Waals surface area contributed by atoms with E-state index in [9.17, 15) is 9.18 Å². The Kier molecular flexibility index (Phi) is 5.73. The number of amides is 1. The molecule has 0 aliphatic carbocycles. The topological polar surface area (TPSA) is 44.8 Å². The zero-order valence-electron chi connectivity index (χ0n) is 15.1. The summed E-state index contributed by atoms with van der Waals surface area (Å²) in [6.07, 6.45) is 0. The maximum Gasteiger partial charge on any atom is 0.241 e. The molecule has 0 saturated carbocycles. The summed E-state index contributed by atoms with van der Waals surface area (Å²) in [7, 11) is 1.66. The number of hydrogen-bond acceptors (Lipinski definition) is 4. The monoisotopic (exact) mass is 357 g/mol. The predicted octanol–water partition coefficient (Wildman–Crippen LogP) is 2.98. The molecule has 0 bridgehead atoms. The lowest BCUT2D eigenvalue weighted by atomic mass is 10.2. The predicted molar refractivity (Wildman–Crippen MR) is 101 cm³/mol. The average molecular weight is 357 g/mol. The fraction of sp³-hybridized carbons (Fsp3) is 0.350. The van der Waals surface area contributed by atoms with E-state index in [1.54, 1.807) is 19.2 Å². The van der Waals surface area contributed by atoms with Crippen LogP contribution in [0.15, 0.2) is 48.5 Å². The zero-order chi connectivity index (χ0) is 18.5. The number of methoxy groups -OCH3 is 1. The summed E-state index contributed by atoms with van der Waals surface area (Å²) in [6, 6.07) is 13.7. The highest BCUT2D eigenvalue weighted by Crippen LogP contribution is 2.22. The van der Waals surface area contributed by atoms with Crippen LogP contribution in [0.3, 0.4) is 0 Å². The number of carbonyl (C=O) groups is 1. The van der Waals surface area contributed by atoms with Crippen molar-refractivity contribution < 1.29 is 13.9 Å². The van der Waals surface area contributed by atoms with Crippen LogP contribution in [-0.2, 0) is 4.79 Å². The van der Waals surface area contributed by atoms with Crippen molar-refractivity contribution >= 4 is 17.3 Å². The molecule has 0 aromatic heterocycles. The van der Waals surface area contributed by atoms with E-state index < -0.39 is 0 Å². The summed E-state index contributed by atoms with van der Waals surface area (Å²) in [4.78, 5) is 16.9. The number of rotatable bonds is 5. The average Bonchev–Trinajstić information content (AvgIpc) is 2.67. The molecule has 1 heterocycles. The third-order valence-corrected chi connectivity index (χ3v) is 4.75. The van der Waals surface area contributed by atoms with Crippen LogP contribution in [-0.4, -0.2) is 50.1 Å². The van der Waals surface area contributed by atoms with Crippen LogP contribution in [0.1, 0.15) is 6.92 Å². The van der Waals surface area contributed by atoms with Gasteiger partial charge in [0.25, 0.3) is 0 Å². The summed E-state index contributed by atoms with van der Waals surface area (Å²) >= 11 is 0. The van der Waals surface area contributed by atoms with Gasteiger partial charge in [-0.05, 0) is 37.3 Å². The summed E-state index contributed by atoms with van der Waals surface area (Å²) in [5.74, 6) is 0.362. The third-order valence-electron chi connectivity index (χ3n) is 4.75. The first-order chi connectivity index (χ1) is 12.6. The van der Waals surface area contributed by atoms with Gasteiger partial charge in [-0.3, -0.25) is 9.69 Å². The van der Waals surface area contributed by atoms with Gasteiger partial charge < -0.3 is 15.0 Å². The molecule has 1 amide bonds. The Morgan fingerprint density at radius 3 is 2.54 bits per heavy atom. The molecule has 1 saturated heterocycles. The SMILES string of the molecule is COc1cccc(N2CCN(C(C)C(=O)Nc3cccc(F)c3)CC2)c1. The molecule has 1 aliphatic heterocycles. The Morgan fingerprint density at radius 1 is 1.12 bits per heavy atom. The standard InChI is InChI=1S/C20H24FN3O2/c1-15(20(25)22-17-6-3-5-16(21)13-17)23-9-11-24(12-10-23)18-7-4-8-19(14-18)26-2/h3-8,13-15H,9-12H2,1-2H3,(H,22,25). The number of nitrogens with one attached hydrogen (secondary N) is 1. The lowest BCUT2D eigenvalue weighted by molar-refractivity contribution is -0.120. The molecule has 3 rings (SSSR count). The number of ether oxygens (including phenoxy) is 1. The smallest absolute Gasteiger partial charge is 0.241 e. The molecule has 2 aromatic rings. The lowest BCUT2D eigenvalue weighted by Gasteiger charge is -2.38. The van der Waals surface area contributed by atoms with Crippen LogP contribution in [0, 0.1) is 5.82 Å². The number of nitrogens with zero attached hydrogens (tertiary/aromatic N) is 2. The van der Waals surface area contributed by atoms with Gasteiger partial charge in [0.2, 0.25) is 5.91 Å². The van der Waals surface area contributed by atoms with Crippen molar-refractivity contribution in [3.63, 3.8) is 0 Å². The van der Waals surface area contributed by atoms with Gasteiger partial charge in [0.05, 0.1) is 13.2 Å². The van der Waals surface area contributed by atoms with Crippen molar-refractivity contribution in [2.45, 2.75) is 13.0 Å². The lowest BCUT2D eigenvalue weighted by Crippen LogP contribution is -2.52. The Morgan fingerprint density at radius 2 is 1.85 bits per heavy atom. The first-order valence-corrected chi connectivity index (χ1v) is 8.76. The molecule has 6 heteroatoms. The molecule has 1 unspecified atom stereocenters. The van der Waals surface area contributed by atoms with Gasteiger partial charge >= 0.3 is 0 Å². The molecule has 0 spiro atoms. The van der Waals surface area contributed by atoms with Crippen LogP contribution in [0.4, 0.5) is 15.8 Å². The maximum atomic E-state index is 13.3. The summed E-state index contributed by atoms with van der Waals surface area (Å²) in [5, 5.41) is 2.79. The molecule has 5 nitrogen and oxygen atoms in total. The Labute approximate surface area is 153 Å². The molecular formula is C20H24FN3O2. The van der Waals surface area contributed by atoms with Crippen molar-refractivity contribution in [1.82, 2.24) is 4.90 Å². The maximum absolute atomic E-state index is 13.3. The molecule has 1 fully saturated rings. The molecular weight excluding hydrogens is 333 g/mol. The number of halogens is 1. The minimum absolute atomic E-state index is 0.120. The van der Waals surface area contributed by atoms with Crippen molar-refractivity contribution in [2.75, 3.05) is 43.5 Å². The van der Waals surface area contributed by atoms with Crippen LogP contribution in [0.5, 0.6) is 5.75 Å². The fourth-order valence-corrected chi connectivity index (χ4v) is 3.15. The quantitative estimate of drug-likeness (QED) is 0.894. The number of benzene rings is 2. The number of anilines is 2. The molecule has 1 atom stereocenters. The van der Waals surface area contributed by atoms with Crippen molar-refractivity contribution in [1.29, 1.82) is 0 Å². The second-order valence-corrected chi connectivity index (χ2v) is 6.40. The Bertz CT molecular complexity index is 760. The van der Waals surface area contributed by atoms with Gasteiger partial charge in [-0.1, -0.05) is 12.1 Å². The summed E-state index contributed by atoms with van der Waals surface area (Å²) < 4.78 is 18.5. The zero-order valence-corrected chi connectivity index (χ0v) is 15.1. The van der Waals surface area contributed by atoms with E-state index in [2.05, 4.69) is 21.2 Å². The van der Waals surface area contributed by atoms with Gasteiger partial charge in [-0.2, -0.15) is 0 Å². The first kappa shape index (κ1) is 18.2. The Hall–Kier alpha value is -2.60. The fourth-order valence-electron chi connectivity index (χ4n) is 3.15. The van der Waals surface area contributed by atoms with Crippen molar-refractivity contribution in [2.24, 2.45) is 0 Å². The van der Waals surface area contributed by atoms with Crippen LogP contribution in [0.2, 0.25) is 0 Å². The molecule has 1 N–H and O–H groups in total. The van der Waals surface area contributed by atoms with E-state index >= 15 is 0 Å². The van der Waals surface area contributed by atoms with E-state index in [-0.39, 0.29) is 17.8 Å². The highest BCUT2D eigenvalue weighted by molar-refractivity contribution is 5.94. The molecule has 26 heavy (non-hydrogen) atoms. The van der Waals surface area contributed by atoms with Crippen molar-refractivity contribution in [3.05, 3.63) is 54.3 Å². The summed E-state index contributed by atoms with van der Waals surface area (Å²) in [6.45, 7) is 5.13. The van der Waals surface area contributed by atoms with Gasteiger partial charge in [-0.15, -0.1) is 0 Å². The second-order valence-electron chi connectivity index (χ2n) is 6.40. The van der Waals surface area contributed by atoms with Crippen LogP contribution >= 0.6 is 0 Å². The van der Waals surface area contributed by atoms with Gasteiger partial charge in [0.15, 0.2) is 0 Å². The second kappa shape index (κ2) is 8.19. The molecule has 138 valence electrons. The Balaban J connectivity index is 1.56. The van der Waals surface area contributed by atoms with Crippen LogP contribution < -0.4 is 15.0 Å². The highest BCUT2D eigenvalue weighted by atomic mass is 19.1. The first-order valence-electron chi connectivity index (χ1n) is 8.76. The number of piperazine rings is 1.